The number of hydrogen-bond acceptors (Lipinski definition) is 4. The lowest BCUT2D eigenvalue weighted by atomic mass is 10.2. The van der Waals surface area contributed by atoms with E-state index in [1.54, 1.807) is 25.3 Å². The molecular formula is C18H18ClN3O2. The summed E-state index contributed by atoms with van der Waals surface area (Å²) >= 11 is 5.92. The Bertz CT molecular complexity index is 771. The molecule has 2 aromatic carbocycles. The van der Waals surface area contributed by atoms with Crippen molar-refractivity contribution in [2.45, 2.75) is 6.54 Å². The SMILES string of the molecule is COc1cccc(CN(C)CC(=O)Nc2cc(Cl)ccc2C#N)c1. The number of amides is 1. The van der Waals surface area contributed by atoms with Crippen molar-refractivity contribution in [3.05, 3.63) is 58.6 Å². The molecule has 0 unspecified atom stereocenters. The average molecular weight is 344 g/mol. The Balaban J connectivity index is 1.97. The van der Waals surface area contributed by atoms with E-state index in [2.05, 4.69) is 5.32 Å². The maximum absolute atomic E-state index is 12.2. The van der Waals surface area contributed by atoms with Gasteiger partial charge in [-0.05, 0) is 42.9 Å². The fourth-order valence-electron chi connectivity index (χ4n) is 2.29. The number of nitriles is 1. The Hall–Kier alpha value is -2.55. The van der Waals surface area contributed by atoms with E-state index in [9.17, 15) is 4.79 Å². The summed E-state index contributed by atoms with van der Waals surface area (Å²) in [5, 5.41) is 12.3. The highest BCUT2D eigenvalue weighted by atomic mass is 35.5. The van der Waals surface area contributed by atoms with E-state index in [4.69, 9.17) is 21.6 Å². The van der Waals surface area contributed by atoms with Gasteiger partial charge in [-0.1, -0.05) is 23.7 Å². The Morgan fingerprint density at radius 2 is 2.12 bits per heavy atom. The number of nitrogens with zero attached hydrogens (tertiary/aromatic N) is 2. The van der Waals surface area contributed by atoms with Crippen LogP contribution in [-0.4, -0.2) is 31.5 Å². The minimum Gasteiger partial charge on any atom is -0.497 e. The maximum atomic E-state index is 12.2. The molecule has 0 saturated carbocycles. The molecule has 0 bridgehead atoms. The molecule has 0 aliphatic carbocycles. The second-order valence-corrected chi connectivity index (χ2v) is 5.81. The van der Waals surface area contributed by atoms with E-state index in [1.807, 2.05) is 42.3 Å². The Labute approximate surface area is 146 Å². The summed E-state index contributed by atoms with van der Waals surface area (Å²) in [6.07, 6.45) is 0. The molecule has 0 aromatic heterocycles. The van der Waals surface area contributed by atoms with E-state index in [0.29, 0.717) is 22.8 Å². The number of rotatable bonds is 6. The van der Waals surface area contributed by atoms with Crippen molar-refractivity contribution in [1.82, 2.24) is 4.90 Å². The number of carbonyl (C=O) groups is 1. The quantitative estimate of drug-likeness (QED) is 0.874. The van der Waals surface area contributed by atoms with E-state index in [1.165, 1.54) is 0 Å². The van der Waals surface area contributed by atoms with Crippen LogP contribution < -0.4 is 10.1 Å². The van der Waals surface area contributed by atoms with E-state index >= 15 is 0 Å². The van der Waals surface area contributed by atoms with Gasteiger partial charge in [0.15, 0.2) is 0 Å². The molecule has 0 atom stereocenters. The molecule has 0 saturated heterocycles. The van der Waals surface area contributed by atoms with E-state index in [-0.39, 0.29) is 12.5 Å². The minimum absolute atomic E-state index is 0.189. The van der Waals surface area contributed by atoms with Crippen LogP contribution in [0.5, 0.6) is 5.75 Å². The standard InChI is InChI=1S/C18H18ClN3O2/c1-22(11-13-4-3-5-16(8-13)24-2)12-18(23)21-17-9-15(19)7-6-14(17)10-20/h3-9H,11-12H2,1-2H3,(H,21,23). The van der Waals surface area contributed by atoms with Crippen molar-refractivity contribution in [1.29, 1.82) is 5.26 Å². The third-order valence-corrected chi connectivity index (χ3v) is 3.61. The number of ether oxygens (including phenoxy) is 1. The summed E-state index contributed by atoms with van der Waals surface area (Å²) in [7, 11) is 3.47. The molecule has 1 N–H and O–H groups in total. The molecule has 5 nitrogen and oxygen atoms in total. The number of benzene rings is 2. The van der Waals surface area contributed by atoms with Gasteiger partial charge in [-0.2, -0.15) is 5.26 Å². The molecule has 0 radical (unpaired) electrons. The van der Waals surface area contributed by atoms with Gasteiger partial charge in [0.2, 0.25) is 5.91 Å². The van der Waals surface area contributed by atoms with Crippen molar-refractivity contribution in [2.75, 3.05) is 26.0 Å². The summed E-state index contributed by atoms with van der Waals surface area (Å²) < 4.78 is 5.19. The lowest BCUT2D eigenvalue weighted by molar-refractivity contribution is -0.117. The fourth-order valence-corrected chi connectivity index (χ4v) is 2.46. The van der Waals surface area contributed by atoms with Crippen molar-refractivity contribution in [3.8, 4) is 11.8 Å². The van der Waals surface area contributed by atoms with Gasteiger partial charge in [-0.25, -0.2) is 0 Å². The van der Waals surface area contributed by atoms with Gasteiger partial charge in [0.05, 0.1) is 24.9 Å². The third kappa shape index (κ3) is 4.98. The zero-order valence-electron chi connectivity index (χ0n) is 13.5. The molecule has 0 aliphatic rings. The number of carbonyl (C=O) groups excluding carboxylic acids is 1. The highest BCUT2D eigenvalue weighted by molar-refractivity contribution is 6.31. The summed E-state index contributed by atoms with van der Waals surface area (Å²) in [6.45, 7) is 0.792. The first-order chi connectivity index (χ1) is 11.5. The van der Waals surface area contributed by atoms with E-state index < -0.39 is 0 Å². The summed E-state index contributed by atoms with van der Waals surface area (Å²) in [5.74, 6) is 0.571. The Morgan fingerprint density at radius 1 is 1.33 bits per heavy atom. The van der Waals surface area contributed by atoms with Gasteiger partial charge in [-0.15, -0.1) is 0 Å². The molecule has 24 heavy (non-hydrogen) atoms. The van der Waals surface area contributed by atoms with Crippen LogP contribution >= 0.6 is 11.6 Å². The third-order valence-electron chi connectivity index (χ3n) is 3.38. The molecular weight excluding hydrogens is 326 g/mol. The highest BCUT2D eigenvalue weighted by Crippen LogP contribution is 2.20. The molecule has 0 spiro atoms. The van der Waals surface area contributed by atoms with Crippen LogP contribution in [0.2, 0.25) is 5.02 Å². The van der Waals surface area contributed by atoms with Crippen molar-refractivity contribution < 1.29 is 9.53 Å². The lowest BCUT2D eigenvalue weighted by Gasteiger charge is -2.17. The molecule has 2 aromatic rings. The smallest absolute Gasteiger partial charge is 0.238 e. The van der Waals surface area contributed by atoms with Gasteiger partial charge < -0.3 is 10.1 Å². The second-order valence-electron chi connectivity index (χ2n) is 5.37. The van der Waals surface area contributed by atoms with Crippen LogP contribution in [0.4, 0.5) is 5.69 Å². The molecule has 0 aliphatic heterocycles. The van der Waals surface area contributed by atoms with Gasteiger partial charge in [0.25, 0.3) is 0 Å². The van der Waals surface area contributed by atoms with Crippen LogP contribution in [0.1, 0.15) is 11.1 Å². The largest absolute Gasteiger partial charge is 0.497 e. The lowest BCUT2D eigenvalue weighted by Crippen LogP contribution is -2.30. The molecule has 124 valence electrons. The first-order valence-corrected chi connectivity index (χ1v) is 7.70. The van der Waals surface area contributed by atoms with Crippen LogP contribution in [0.25, 0.3) is 0 Å². The van der Waals surface area contributed by atoms with Crippen LogP contribution in [0.3, 0.4) is 0 Å². The second kappa shape index (κ2) is 8.34. The maximum Gasteiger partial charge on any atom is 0.238 e. The molecule has 0 heterocycles. The topological polar surface area (TPSA) is 65.4 Å². The van der Waals surface area contributed by atoms with Crippen molar-refractivity contribution in [3.63, 3.8) is 0 Å². The van der Waals surface area contributed by atoms with Crippen LogP contribution in [0, 0.1) is 11.3 Å². The predicted molar refractivity (Wildman–Crippen MR) is 94.1 cm³/mol. The minimum atomic E-state index is -0.209. The van der Waals surface area contributed by atoms with Gasteiger partial charge >= 0.3 is 0 Å². The van der Waals surface area contributed by atoms with Gasteiger partial charge in [-0.3, -0.25) is 9.69 Å². The van der Waals surface area contributed by atoms with Crippen LogP contribution in [0.15, 0.2) is 42.5 Å². The first-order valence-electron chi connectivity index (χ1n) is 7.33. The number of halogens is 1. The molecule has 1 amide bonds. The number of nitrogens with one attached hydrogen (secondary N) is 1. The first kappa shape index (κ1) is 17.8. The fraction of sp³-hybridized carbons (Fsp3) is 0.222. The average Bonchev–Trinajstić information content (AvgIpc) is 2.55. The van der Waals surface area contributed by atoms with Crippen molar-refractivity contribution in [2.24, 2.45) is 0 Å². The monoisotopic (exact) mass is 343 g/mol. The summed E-state index contributed by atoms with van der Waals surface area (Å²) in [4.78, 5) is 14.1. The zero-order chi connectivity index (χ0) is 17.5. The number of likely N-dealkylation sites (N-methyl/N-ethyl adjacent to an activating group) is 1. The summed E-state index contributed by atoms with van der Waals surface area (Å²) in [6, 6.07) is 14.5. The number of hydrogen-bond donors (Lipinski definition) is 1. The Kier molecular flexibility index (Phi) is 6.19. The molecule has 6 heteroatoms. The van der Waals surface area contributed by atoms with Crippen molar-refractivity contribution >= 4 is 23.2 Å². The normalized spacial score (nSPS) is 10.3. The Morgan fingerprint density at radius 3 is 2.83 bits per heavy atom. The van der Waals surface area contributed by atoms with E-state index in [0.717, 1.165) is 11.3 Å². The highest BCUT2D eigenvalue weighted by Gasteiger charge is 2.11. The molecule has 2 rings (SSSR count). The number of methoxy groups -OCH3 is 1. The number of anilines is 1. The van der Waals surface area contributed by atoms with Crippen LogP contribution in [-0.2, 0) is 11.3 Å². The summed E-state index contributed by atoms with van der Waals surface area (Å²) in [5.41, 5.74) is 1.85. The molecule has 0 fully saturated rings. The van der Waals surface area contributed by atoms with Gasteiger partial charge in [0, 0.05) is 11.6 Å². The predicted octanol–water partition coefficient (Wildman–Crippen LogP) is 3.29. The zero-order valence-corrected chi connectivity index (χ0v) is 14.3. The van der Waals surface area contributed by atoms with Gasteiger partial charge in [0.1, 0.15) is 11.8 Å².